The quantitative estimate of drug-likeness (QED) is 0.477. The van der Waals surface area contributed by atoms with Crippen LogP contribution in [0.15, 0.2) is 12.2 Å². The van der Waals surface area contributed by atoms with E-state index in [4.69, 9.17) is 0 Å². The molecule has 0 unspecified atom stereocenters. The number of amides is 1. The molecule has 0 aliphatic heterocycles. The van der Waals surface area contributed by atoms with E-state index in [9.17, 15) is 4.79 Å². The summed E-state index contributed by atoms with van der Waals surface area (Å²) in [5.41, 5.74) is 0. The van der Waals surface area contributed by atoms with Gasteiger partial charge in [-0.1, -0.05) is 31.9 Å². The molecule has 0 radical (unpaired) electrons. The van der Waals surface area contributed by atoms with E-state index in [1.807, 2.05) is 0 Å². The monoisotopic (exact) mass is 183 g/mol. The van der Waals surface area contributed by atoms with E-state index in [0.717, 1.165) is 12.8 Å². The molecular weight excluding hydrogens is 162 g/mol. The van der Waals surface area contributed by atoms with Crippen molar-refractivity contribution in [3.05, 3.63) is 12.2 Å². The van der Waals surface area contributed by atoms with Crippen LogP contribution in [0.25, 0.3) is 0 Å². The van der Waals surface area contributed by atoms with Crippen LogP contribution in [0.1, 0.15) is 45.4 Å². The Balaban J connectivity index is 3.17. The van der Waals surface area contributed by atoms with Crippen LogP contribution >= 0.6 is 0 Å². The third-order valence-corrected chi connectivity index (χ3v) is 1.96. The summed E-state index contributed by atoms with van der Waals surface area (Å²) in [6, 6.07) is 0. The van der Waals surface area contributed by atoms with Crippen LogP contribution in [-0.2, 0) is 4.79 Å². The first-order valence-corrected chi connectivity index (χ1v) is 5.16. The zero-order chi connectivity index (χ0) is 9.94. The first kappa shape index (κ1) is 12.2. The van der Waals surface area contributed by atoms with E-state index in [2.05, 4.69) is 24.4 Å². The topological polar surface area (TPSA) is 29.1 Å². The normalized spacial score (nSPS) is 10.6. The van der Waals surface area contributed by atoms with Gasteiger partial charge in [0.05, 0.1) is 0 Å². The molecule has 1 N–H and O–H groups in total. The van der Waals surface area contributed by atoms with Crippen LogP contribution in [-0.4, -0.2) is 13.0 Å². The highest BCUT2D eigenvalue weighted by Crippen LogP contribution is 2.00. The highest BCUT2D eigenvalue weighted by Gasteiger charge is 1.92. The van der Waals surface area contributed by atoms with E-state index in [-0.39, 0.29) is 5.91 Å². The van der Waals surface area contributed by atoms with Crippen LogP contribution in [0, 0.1) is 0 Å². The van der Waals surface area contributed by atoms with Crippen molar-refractivity contribution < 1.29 is 4.79 Å². The molecule has 0 aliphatic carbocycles. The number of allylic oxidation sites excluding steroid dienone is 2. The van der Waals surface area contributed by atoms with Gasteiger partial charge < -0.3 is 5.32 Å². The van der Waals surface area contributed by atoms with Gasteiger partial charge >= 0.3 is 0 Å². The number of unbranched alkanes of at least 4 members (excludes halogenated alkanes) is 3. The molecule has 2 heteroatoms. The molecule has 0 aromatic rings. The lowest BCUT2D eigenvalue weighted by atomic mass is 10.2. The number of carbonyl (C=O) groups excluding carboxylic acids is 1. The summed E-state index contributed by atoms with van der Waals surface area (Å²) in [5.74, 6) is 0.123. The molecule has 13 heavy (non-hydrogen) atoms. The maximum Gasteiger partial charge on any atom is 0.220 e. The van der Waals surface area contributed by atoms with Crippen LogP contribution < -0.4 is 5.32 Å². The second kappa shape index (κ2) is 9.30. The van der Waals surface area contributed by atoms with Gasteiger partial charge in [-0.25, -0.2) is 0 Å². The average Bonchev–Trinajstić information content (AvgIpc) is 2.16. The van der Waals surface area contributed by atoms with E-state index >= 15 is 0 Å². The van der Waals surface area contributed by atoms with Crippen molar-refractivity contribution in [2.24, 2.45) is 0 Å². The summed E-state index contributed by atoms with van der Waals surface area (Å²) < 4.78 is 0. The number of rotatable bonds is 7. The Bertz CT molecular complexity index is 152. The molecular formula is C11H21NO. The van der Waals surface area contributed by atoms with E-state index in [1.165, 1.54) is 19.3 Å². The predicted molar refractivity (Wildman–Crippen MR) is 56.6 cm³/mol. The molecule has 0 heterocycles. The van der Waals surface area contributed by atoms with Crippen molar-refractivity contribution in [1.82, 2.24) is 5.32 Å². The van der Waals surface area contributed by atoms with Gasteiger partial charge in [0.15, 0.2) is 0 Å². The fourth-order valence-corrected chi connectivity index (χ4v) is 1.09. The average molecular weight is 183 g/mol. The van der Waals surface area contributed by atoms with Gasteiger partial charge in [-0.2, -0.15) is 0 Å². The van der Waals surface area contributed by atoms with E-state index < -0.39 is 0 Å². The molecule has 2 nitrogen and oxygen atoms in total. The third-order valence-electron chi connectivity index (χ3n) is 1.96. The number of carbonyl (C=O) groups is 1. The molecule has 0 aromatic carbocycles. The lowest BCUT2D eigenvalue weighted by Gasteiger charge is -1.94. The minimum Gasteiger partial charge on any atom is -0.359 e. The zero-order valence-electron chi connectivity index (χ0n) is 8.81. The smallest absolute Gasteiger partial charge is 0.220 e. The molecule has 76 valence electrons. The zero-order valence-corrected chi connectivity index (χ0v) is 8.81. The second-order valence-corrected chi connectivity index (χ2v) is 3.18. The van der Waals surface area contributed by atoms with Crippen molar-refractivity contribution in [2.75, 3.05) is 7.05 Å². The lowest BCUT2D eigenvalue weighted by molar-refractivity contribution is -0.120. The molecule has 0 fully saturated rings. The molecule has 0 rings (SSSR count). The Kier molecular flexibility index (Phi) is 8.73. The Hall–Kier alpha value is -0.790. The van der Waals surface area contributed by atoms with Gasteiger partial charge in [-0.3, -0.25) is 4.79 Å². The van der Waals surface area contributed by atoms with E-state index in [0.29, 0.717) is 6.42 Å². The summed E-state index contributed by atoms with van der Waals surface area (Å²) in [5, 5.41) is 2.60. The van der Waals surface area contributed by atoms with Crippen molar-refractivity contribution >= 4 is 5.91 Å². The van der Waals surface area contributed by atoms with Crippen molar-refractivity contribution in [3.63, 3.8) is 0 Å². The van der Waals surface area contributed by atoms with E-state index in [1.54, 1.807) is 7.05 Å². The summed E-state index contributed by atoms with van der Waals surface area (Å²) >= 11 is 0. The molecule has 0 aliphatic rings. The SMILES string of the molecule is CCCCC/C=C\CCC(=O)NC. The van der Waals surface area contributed by atoms with Gasteiger partial charge in [0, 0.05) is 13.5 Å². The van der Waals surface area contributed by atoms with Gasteiger partial charge in [0.2, 0.25) is 5.91 Å². The molecule has 0 saturated carbocycles. The van der Waals surface area contributed by atoms with Crippen molar-refractivity contribution in [2.45, 2.75) is 45.4 Å². The minimum atomic E-state index is 0.123. The van der Waals surface area contributed by atoms with Crippen LogP contribution in [0.4, 0.5) is 0 Å². The maximum atomic E-state index is 10.8. The number of hydrogen-bond donors (Lipinski definition) is 1. The third kappa shape index (κ3) is 9.12. The Morgan fingerprint density at radius 2 is 1.92 bits per heavy atom. The highest BCUT2D eigenvalue weighted by molar-refractivity contribution is 5.75. The largest absolute Gasteiger partial charge is 0.359 e. The molecule has 0 atom stereocenters. The minimum absolute atomic E-state index is 0.123. The van der Waals surface area contributed by atoms with Crippen LogP contribution in [0.3, 0.4) is 0 Å². The maximum absolute atomic E-state index is 10.8. The molecule has 0 saturated heterocycles. The van der Waals surface area contributed by atoms with Crippen LogP contribution in [0.5, 0.6) is 0 Å². The summed E-state index contributed by atoms with van der Waals surface area (Å²) in [4.78, 5) is 10.8. The van der Waals surface area contributed by atoms with Gasteiger partial charge in [0.1, 0.15) is 0 Å². The first-order chi connectivity index (χ1) is 6.31. The second-order valence-electron chi connectivity index (χ2n) is 3.18. The van der Waals surface area contributed by atoms with Crippen LogP contribution in [0.2, 0.25) is 0 Å². The van der Waals surface area contributed by atoms with Crippen molar-refractivity contribution in [3.8, 4) is 0 Å². The number of hydrogen-bond acceptors (Lipinski definition) is 1. The lowest BCUT2D eigenvalue weighted by Crippen LogP contribution is -2.16. The Labute approximate surface area is 81.4 Å². The fourth-order valence-electron chi connectivity index (χ4n) is 1.09. The predicted octanol–water partition coefficient (Wildman–Crippen LogP) is 2.65. The first-order valence-electron chi connectivity index (χ1n) is 5.16. The molecule has 1 amide bonds. The Morgan fingerprint density at radius 3 is 2.54 bits per heavy atom. The van der Waals surface area contributed by atoms with Crippen molar-refractivity contribution in [1.29, 1.82) is 0 Å². The summed E-state index contributed by atoms with van der Waals surface area (Å²) in [6.45, 7) is 2.20. The van der Waals surface area contributed by atoms with Gasteiger partial charge in [0.25, 0.3) is 0 Å². The van der Waals surface area contributed by atoms with Gasteiger partial charge in [-0.05, 0) is 19.3 Å². The standard InChI is InChI=1S/C11H21NO/c1-3-4-5-6-7-8-9-10-11(13)12-2/h7-8H,3-6,9-10H2,1-2H3,(H,12,13)/b8-7-. The molecule has 0 spiro atoms. The summed E-state index contributed by atoms with van der Waals surface area (Å²) in [7, 11) is 1.67. The number of nitrogens with one attached hydrogen (secondary N) is 1. The fraction of sp³-hybridized carbons (Fsp3) is 0.727. The van der Waals surface area contributed by atoms with Gasteiger partial charge in [-0.15, -0.1) is 0 Å². The Morgan fingerprint density at radius 1 is 1.23 bits per heavy atom. The molecule has 0 aromatic heterocycles. The summed E-state index contributed by atoms with van der Waals surface area (Å²) in [6.07, 6.45) is 10.8. The molecule has 0 bridgehead atoms. The highest BCUT2D eigenvalue weighted by atomic mass is 16.1.